The molecule has 1 radical (unpaired) electrons. The van der Waals surface area contributed by atoms with Gasteiger partial charge in [0, 0.05) is 36.7 Å². The molecule has 1 aliphatic carbocycles. The van der Waals surface area contributed by atoms with Gasteiger partial charge < -0.3 is 10.6 Å². The summed E-state index contributed by atoms with van der Waals surface area (Å²) in [5, 5.41) is 31.0. The first kappa shape index (κ1) is 38.9. The van der Waals surface area contributed by atoms with E-state index < -0.39 is 9.85 Å². The largest absolute Gasteiger partial charge is 2.00 e. The molecule has 0 saturated heterocycles. The molecule has 10 nitrogen and oxygen atoms in total. The standard InChI is InChI=1S/2C21H16N3O2.Co/c2*25-24(26)20-13-11-17(12-14-20)21(23-19-9-5-2-6-10-19)15-16-22-18-7-3-1-4-8-18;/h1,3-9,11-16H,10H2;1-16H;/q2*-1;+2/b2*21-15-,22-16?;. The van der Waals surface area contributed by atoms with Crippen LogP contribution in [0.1, 0.15) is 17.5 Å². The first-order valence-corrected chi connectivity index (χ1v) is 16.1. The monoisotopic (exact) mass is 743 g/mol. The molecule has 0 saturated carbocycles. The van der Waals surface area contributed by atoms with Crippen LogP contribution in [0.3, 0.4) is 0 Å². The number of aliphatic imine (C=N–C) groups is 2. The Hall–Kier alpha value is -6.91. The van der Waals surface area contributed by atoms with Crippen LogP contribution in [0, 0.1) is 20.2 Å². The zero-order valence-corrected chi connectivity index (χ0v) is 29.2. The van der Waals surface area contributed by atoms with E-state index in [0.717, 1.165) is 33.9 Å². The van der Waals surface area contributed by atoms with Crippen LogP contribution in [0.25, 0.3) is 22.0 Å². The molecule has 1 aliphatic rings. The van der Waals surface area contributed by atoms with Crippen molar-refractivity contribution in [3.05, 3.63) is 223 Å². The molecular weight excluding hydrogens is 711 g/mol. The van der Waals surface area contributed by atoms with Crippen LogP contribution < -0.4 is 0 Å². The van der Waals surface area contributed by atoms with Gasteiger partial charge in [0.05, 0.1) is 21.2 Å². The molecule has 0 N–H and O–H groups in total. The number of nitro benzene ring substituents is 2. The van der Waals surface area contributed by atoms with Crippen molar-refractivity contribution in [1.82, 2.24) is 0 Å². The maximum absolute atomic E-state index is 10.8. The minimum atomic E-state index is -0.418. The molecule has 263 valence electrons. The third-order valence-corrected chi connectivity index (χ3v) is 7.24. The first-order valence-electron chi connectivity index (χ1n) is 16.1. The number of rotatable bonds is 12. The summed E-state index contributed by atoms with van der Waals surface area (Å²) in [7, 11) is 0. The maximum atomic E-state index is 10.8. The van der Waals surface area contributed by atoms with E-state index >= 15 is 0 Å². The van der Waals surface area contributed by atoms with Crippen LogP contribution >= 0.6 is 0 Å². The van der Waals surface area contributed by atoms with Crippen LogP contribution in [0.2, 0.25) is 0 Å². The normalized spacial score (nSPS) is 12.3. The van der Waals surface area contributed by atoms with Crippen LogP contribution in [-0.4, -0.2) is 22.3 Å². The van der Waals surface area contributed by atoms with E-state index in [1.165, 1.54) is 24.3 Å². The molecule has 0 aliphatic heterocycles. The summed E-state index contributed by atoms with van der Waals surface area (Å²) in [6, 6.07) is 41.4. The summed E-state index contributed by atoms with van der Waals surface area (Å²) in [5.41, 5.74) is 9.40. The van der Waals surface area contributed by atoms with Crippen molar-refractivity contribution in [3.63, 3.8) is 0 Å². The van der Waals surface area contributed by atoms with Gasteiger partial charge in [0.1, 0.15) is 0 Å². The number of non-ortho nitro benzene ring substituents is 2. The molecule has 53 heavy (non-hydrogen) atoms. The predicted molar refractivity (Wildman–Crippen MR) is 210 cm³/mol. The molecule has 11 heteroatoms. The Morgan fingerprint density at radius 1 is 0.604 bits per heavy atom. The third kappa shape index (κ3) is 12.7. The van der Waals surface area contributed by atoms with E-state index in [4.69, 9.17) is 0 Å². The maximum Gasteiger partial charge on any atom is 2.00 e. The summed E-state index contributed by atoms with van der Waals surface area (Å²) >= 11 is 0. The Labute approximate surface area is 317 Å². The average Bonchev–Trinajstić information content (AvgIpc) is 3.19. The van der Waals surface area contributed by atoms with Gasteiger partial charge in [0.2, 0.25) is 0 Å². The van der Waals surface area contributed by atoms with Crippen molar-refractivity contribution in [2.45, 2.75) is 6.42 Å². The number of nitro groups is 2. The van der Waals surface area contributed by atoms with Gasteiger partial charge >= 0.3 is 16.8 Å². The molecule has 5 aromatic rings. The minimum Gasteiger partial charge on any atom is -0.660 e. The van der Waals surface area contributed by atoms with Gasteiger partial charge in [-0.05, 0) is 78.2 Å². The number of allylic oxidation sites excluding steroid dienone is 4. The fourth-order valence-corrected chi connectivity index (χ4v) is 4.64. The summed E-state index contributed by atoms with van der Waals surface area (Å²) < 4.78 is 0. The number of para-hydroxylation sites is 3. The molecule has 0 bridgehead atoms. The molecule has 5 aromatic carbocycles. The summed E-state index contributed by atoms with van der Waals surface area (Å²) in [5.74, 6) is 0. The van der Waals surface area contributed by atoms with Gasteiger partial charge in [-0.2, -0.15) is 5.70 Å². The number of hydrogen-bond acceptors (Lipinski definition) is 6. The molecule has 0 fully saturated rings. The van der Waals surface area contributed by atoms with Gasteiger partial charge in [-0.3, -0.25) is 30.2 Å². The third-order valence-electron chi connectivity index (χ3n) is 7.24. The molecule has 0 aromatic heterocycles. The van der Waals surface area contributed by atoms with Gasteiger partial charge in [-0.1, -0.05) is 85.0 Å². The second-order valence-corrected chi connectivity index (χ2v) is 10.9. The Bertz CT molecular complexity index is 2180. The Balaban J connectivity index is 0.000000232. The van der Waals surface area contributed by atoms with E-state index in [-0.39, 0.29) is 28.2 Å². The van der Waals surface area contributed by atoms with Crippen molar-refractivity contribution in [2.75, 3.05) is 0 Å². The summed E-state index contributed by atoms with van der Waals surface area (Å²) in [6.07, 6.45) is 13.3. The Morgan fingerprint density at radius 3 is 1.45 bits per heavy atom. The van der Waals surface area contributed by atoms with E-state index in [1.807, 2.05) is 109 Å². The minimum absolute atomic E-state index is 0. The molecule has 0 atom stereocenters. The Kier molecular flexibility index (Phi) is 15.2. The second-order valence-electron chi connectivity index (χ2n) is 10.9. The number of benzene rings is 5. The van der Waals surface area contributed by atoms with Crippen molar-refractivity contribution < 1.29 is 26.6 Å². The van der Waals surface area contributed by atoms with E-state index in [9.17, 15) is 20.2 Å². The van der Waals surface area contributed by atoms with Crippen LogP contribution in [0.15, 0.2) is 191 Å². The van der Waals surface area contributed by atoms with E-state index in [0.29, 0.717) is 17.8 Å². The molecule has 6 rings (SSSR count). The quantitative estimate of drug-likeness (QED) is 0.0543. The first-order chi connectivity index (χ1) is 25.4. The van der Waals surface area contributed by atoms with Crippen LogP contribution in [-0.2, 0) is 16.8 Å². The second kappa shape index (κ2) is 20.7. The van der Waals surface area contributed by atoms with E-state index in [2.05, 4.69) is 26.3 Å². The SMILES string of the molecule is O=[N+]([O-])c1ccc(/C(=C/C=Nc2ccccc2)[N-]C2=CC=C=CC2)cc1.O=[N+]([O-])c1ccc(/C(=C/C=Nc2ccccc2)[N-]c2ccccc2)cc1.[Co+2]. The molecule has 0 spiro atoms. The predicted octanol–water partition coefficient (Wildman–Crippen LogP) is 11.8. The van der Waals surface area contributed by atoms with Crippen LogP contribution in [0.4, 0.5) is 28.4 Å². The van der Waals surface area contributed by atoms with E-state index in [1.54, 1.807) is 48.8 Å². The van der Waals surface area contributed by atoms with Gasteiger partial charge in [-0.15, -0.1) is 22.8 Å². The van der Waals surface area contributed by atoms with Gasteiger partial charge in [0.25, 0.3) is 11.4 Å². The fourth-order valence-electron chi connectivity index (χ4n) is 4.64. The molecular formula is C42H32CoN6O4. The smallest absolute Gasteiger partial charge is 0.660 e. The summed E-state index contributed by atoms with van der Waals surface area (Å²) in [6.45, 7) is 0. The molecule has 0 amide bonds. The molecule has 0 unspecified atom stereocenters. The van der Waals surface area contributed by atoms with Crippen LogP contribution in [0.5, 0.6) is 0 Å². The van der Waals surface area contributed by atoms with Crippen molar-refractivity contribution in [1.29, 1.82) is 0 Å². The average molecular weight is 744 g/mol. The van der Waals surface area contributed by atoms with Gasteiger partial charge in [0.15, 0.2) is 0 Å². The summed E-state index contributed by atoms with van der Waals surface area (Å²) in [4.78, 5) is 29.6. The van der Waals surface area contributed by atoms with Crippen molar-refractivity contribution in [2.24, 2.45) is 9.98 Å². The van der Waals surface area contributed by atoms with Crippen molar-refractivity contribution >= 4 is 52.3 Å². The fraction of sp³-hybridized carbons (Fsp3) is 0.0238. The topological polar surface area (TPSA) is 139 Å². The number of hydrogen-bond donors (Lipinski definition) is 0. The Morgan fingerprint density at radius 2 is 1.04 bits per heavy atom. The van der Waals surface area contributed by atoms with Gasteiger partial charge in [-0.25, -0.2) is 0 Å². The zero-order valence-electron chi connectivity index (χ0n) is 28.2. The zero-order chi connectivity index (χ0) is 36.4. The van der Waals surface area contributed by atoms with Crippen molar-refractivity contribution in [3.8, 4) is 0 Å². The molecule has 0 heterocycles. The number of nitrogens with zero attached hydrogens (tertiary/aromatic N) is 6.